The highest BCUT2D eigenvalue weighted by atomic mass is 32.2. The number of amides is 1. The van der Waals surface area contributed by atoms with E-state index in [2.05, 4.69) is 10.3 Å². The highest BCUT2D eigenvalue weighted by Crippen LogP contribution is 2.31. The van der Waals surface area contributed by atoms with Crippen molar-refractivity contribution in [3.05, 3.63) is 48.0 Å². The van der Waals surface area contributed by atoms with Crippen LogP contribution in [0.3, 0.4) is 0 Å². The number of fused-ring (bicyclic) bond motifs is 1. The number of methoxy groups -OCH3 is 1. The maximum Gasteiger partial charge on any atom is 0.244 e. The van der Waals surface area contributed by atoms with Crippen LogP contribution in [-0.2, 0) is 14.8 Å². The molecule has 8 nitrogen and oxygen atoms in total. The van der Waals surface area contributed by atoms with Gasteiger partial charge in [0.1, 0.15) is 11.8 Å². The monoisotopic (exact) mass is 473 g/mol. The van der Waals surface area contributed by atoms with Gasteiger partial charge < -0.3 is 10.1 Å². The molecule has 0 saturated carbocycles. The molecule has 1 aliphatic rings. The van der Waals surface area contributed by atoms with Crippen molar-refractivity contribution in [1.29, 1.82) is 0 Å². The molecule has 3 aromatic rings. The fourth-order valence-corrected chi connectivity index (χ4v) is 6.28. The maximum atomic E-state index is 13.3. The molecule has 32 heavy (non-hydrogen) atoms. The SMILES string of the molecule is COc1ccc2nc(NC(=O)C3CCCCN3S(=O)(=O)c3ccc(C(C)=O)cc3)sc2c1. The third-order valence-electron chi connectivity index (χ3n) is 5.45. The quantitative estimate of drug-likeness (QED) is 0.548. The van der Waals surface area contributed by atoms with Gasteiger partial charge in [0, 0.05) is 12.1 Å². The van der Waals surface area contributed by atoms with Crippen molar-refractivity contribution in [2.24, 2.45) is 0 Å². The zero-order chi connectivity index (χ0) is 22.9. The van der Waals surface area contributed by atoms with Crippen molar-refractivity contribution in [1.82, 2.24) is 9.29 Å². The van der Waals surface area contributed by atoms with Crippen LogP contribution in [0.15, 0.2) is 47.4 Å². The van der Waals surface area contributed by atoms with Crippen molar-refractivity contribution >= 4 is 48.4 Å². The summed E-state index contributed by atoms with van der Waals surface area (Å²) in [6.45, 7) is 1.68. The highest BCUT2D eigenvalue weighted by Gasteiger charge is 2.38. The minimum Gasteiger partial charge on any atom is -0.497 e. The molecular weight excluding hydrogens is 450 g/mol. The van der Waals surface area contributed by atoms with E-state index in [1.165, 1.54) is 46.8 Å². The number of carbonyl (C=O) groups is 2. The average molecular weight is 474 g/mol. The molecule has 168 valence electrons. The molecule has 1 saturated heterocycles. The summed E-state index contributed by atoms with van der Waals surface area (Å²) in [5.74, 6) is 0.150. The number of hydrogen-bond acceptors (Lipinski definition) is 7. The normalized spacial score (nSPS) is 17.2. The van der Waals surface area contributed by atoms with E-state index in [1.54, 1.807) is 13.2 Å². The van der Waals surface area contributed by atoms with Crippen LogP contribution >= 0.6 is 11.3 Å². The van der Waals surface area contributed by atoms with Gasteiger partial charge in [-0.3, -0.25) is 9.59 Å². The number of nitrogens with one attached hydrogen (secondary N) is 1. The molecule has 1 atom stereocenters. The second-order valence-electron chi connectivity index (χ2n) is 7.55. The summed E-state index contributed by atoms with van der Waals surface area (Å²) >= 11 is 1.31. The van der Waals surface area contributed by atoms with E-state index in [4.69, 9.17) is 4.74 Å². The molecule has 2 aromatic carbocycles. The number of aromatic nitrogens is 1. The molecule has 2 heterocycles. The van der Waals surface area contributed by atoms with Crippen LogP contribution in [0.1, 0.15) is 36.5 Å². The third-order valence-corrected chi connectivity index (χ3v) is 8.31. The Hall–Kier alpha value is -2.82. The predicted molar refractivity (Wildman–Crippen MR) is 123 cm³/mol. The van der Waals surface area contributed by atoms with E-state index in [0.717, 1.165) is 16.6 Å². The second-order valence-corrected chi connectivity index (χ2v) is 10.5. The minimum atomic E-state index is -3.90. The smallest absolute Gasteiger partial charge is 0.244 e. The molecule has 4 rings (SSSR count). The van der Waals surface area contributed by atoms with Crippen LogP contribution in [0.4, 0.5) is 5.13 Å². The van der Waals surface area contributed by atoms with Gasteiger partial charge in [0.15, 0.2) is 10.9 Å². The van der Waals surface area contributed by atoms with E-state index in [9.17, 15) is 18.0 Å². The number of nitrogens with zero attached hydrogens (tertiary/aromatic N) is 2. The topological polar surface area (TPSA) is 106 Å². The number of ketones is 1. The van der Waals surface area contributed by atoms with Crippen molar-refractivity contribution in [3.8, 4) is 5.75 Å². The molecule has 0 spiro atoms. The van der Waals surface area contributed by atoms with E-state index in [0.29, 0.717) is 29.3 Å². The Kier molecular flexibility index (Phi) is 6.27. The van der Waals surface area contributed by atoms with Crippen LogP contribution in [0.5, 0.6) is 5.75 Å². The number of thiazole rings is 1. The Balaban J connectivity index is 1.57. The predicted octanol–water partition coefficient (Wildman–Crippen LogP) is 3.69. The van der Waals surface area contributed by atoms with Gasteiger partial charge in [-0.15, -0.1) is 0 Å². The maximum absolute atomic E-state index is 13.3. The zero-order valence-corrected chi connectivity index (χ0v) is 19.3. The van der Waals surface area contributed by atoms with Gasteiger partial charge >= 0.3 is 0 Å². The van der Waals surface area contributed by atoms with Crippen molar-refractivity contribution in [2.45, 2.75) is 37.1 Å². The molecule has 1 fully saturated rings. The van der Waals surface area contributed by atoms with Gasteiger partial charge in [0.25, 0.3) is 0 Å². The van der Waals surface area contributed by atoms with Gasteiger partial charge in [-0.25, -0.2) is 13.4 Å². The number of ether oxygens (including phenoxy) is 1. The zero-order valence-electron chi connectivity index (χ0n) is 17.7. The first-order valence-corrected chi connectivity index (χ1v) is 12.4. The van der Waals surface area contributed by atoms with Crippen LogP contribution in [0, 0.1) is 0 Å². The Labute approximate surface area is 190 Å². The van der Waals surface area contributed by atoms with Crippen LogP contribution < -0.4 is 10.1 Å². The third kappa shape index (κ3) is 4.38. The van der Waals surface area contributed by atoms with Crippen molar-refractivity contribution < 1.29 is 22.7 Å². The number of Topliss-reactive ketones (excluding diaryl/α,β-unsaturated/α-hetero) is 1. The van der Waals surface area contributed by atoms with E-state index in [-0.39, 0.29) is 17.2 Å². The van der Waals surface area contributed by atoms with Crippen LogP contribution in [0.2, 0.25) is 0 Å². The fraction of sp³-hybridized carbons (Fsp3) is 0.318. The molecule has 0 radical (unpaired) electrons. The van der Waals surface area contributed by atoms with Crippen molar-refractivity contribution in [3.63, 3.8) is 0 Å². The van der Waals surface area contributed by atoms with Gasteiger partial charge in [0.05, 0.1) is 22.2 Å². The number of carbonyl (C=O) groups excluding carboxylic acids is 2. The van der Waals surface area contributed by atoms with Gasteiger partial charge in [0.2, 0.25) is 15.9 Å². The molecule has 1 aromatic heterocycles. The lowest BCUT2D eigenvalue weighted by atomic mass is 10.0. The fourth-order valence-electron chi connectivity index (χ4n) is 3.73. The average Bonchev–Trinajstić information content (AvgIpc) is 3.20. The molecule has 1 unspecified atom stereocenters. The van der Waals surface area contributed by atoms with Gasteiger partial charge in [-0.1, -0.05) is 29.9 Å². The second kappa shape index (κ2) is 8.97. The first-order valence-electron chi connectivity index (χ1n) is 10.2. The molecule has 1 aliphatic heterocycles. The number of rotatable bonds is 6. The molecule has 1 N–H and O–H groups in total. The van der Waals surface area contributed by atoms with E-state index >= 15 is 0 Å². The number of anilines is 1. The minimum absolute atomic E-state index is 0.0642. The standard InChI is InChI=1S/C22H23N3O5S2/c1-14(26)15-6-9-17(10-7-15)32(28,29)25-12-4-3-5-19(25)21(27)24-22-23-18-11-8-16(30-2)13-20(18)31-22/h6-11,13,19H,3-5,12H2,1-2H3,(H,23,24,27). The number of benzene rings is 2. The summed E-state index contributed by atoms with van der Waals surface area (Å²) in [5.41, 5.74) is 1.16. The van der Waals surface area contributed by atoms with Gasteiger partial charge in [-0.2, -0.15) is 4.31 Å². The largest absolute Gasteiger partial charge is 0.497 e. The number of sulfonamides is 1. The Morgan fingerprint density at radius 2 is 1.91 bits per heavy atom. The highest BCUT2D eigenvalue weighted by molar-refractivity contribution is 7.89. The Morgan fingerprint density at radius 3 is 2.59 bits per heavy atom. The molecule has 10 heteroatoms. The number of piperidine rings is 1. The summed E-state index contributed by atoms with van der Waals surface area (Å²) in [6, 6.07) is 10.4. The van der Waals surface area contributed by atoms with Crippen LogP contribution in [0.25, 0.3) is 10.2 Å². The van der Waals surface area contributed by atoms with E-state index < -0.39 is 22.0 Å². The summed E-state index contributed by atoms with van der Waals surface area (Å²) in [4.78, 5) is 29.1. The van der Waals surface area contributed by atoms with Crippen LogP contribution in [-0.4, -0.2) is 49.1 Å². The summed E-state index contributed by atoms with van der Waals surface area (Å²) in [6.07, 6.45) is 1.86. The molecule has 0 aliphatic carbocycles. The molecular formula is C22H23N3O5S2. The van der Waals surface area contributed by atoms with Gasteiger partial charge in [-0.05, 0) is 50.1 Å². The Morgan fingerprint density at radius 1 is 1.16 bits per heavy atom. The van der Waals surface area contributed by atoms with Crippen molar-refractivity contribution in [2.75, 3.05) is 19.0 Å². The number of hydrogen-bond donors (Lipinski definition) is 1. The van der Waals surface area contributed by atoms with E-state index in [1.807, 2.05) is 12.1 Å². The molecule has 1 amide bonds. The summed E-state index contributed by atoms with van der Waals surface area (Å²) in [5, 5.41) is 3.20. The first-order chi connectivity index (χ1) is 15.3. The first kappa shape index (κ1) is 22.4. The summed E-state index contributed by atoms with van der Waals surface area (Å²) < 4.78 is 33.9. The lowest BCUT2D eigenvalue weighted by molar-refractivity contribution is -0.120. The lowest BCUT2D eigenvalue weighted by Gasteiger charge is -2.33. The lowest BCUT2D eigenvalue weighted by Crippen LogP contribution is -2.49. The summed E-state index contributed by atoms with van der Waals surface area (Å²) in [7, 11) is -2.32. The molecule has 0 bridgehead atoms. The Bertz CT molecular complexity index is 1270.